The van der Waals surface area contributed by atoms with E-state index in [2.05, 4.69) is 10.6 Å². The predicted molar refractivity (Wildman–Crippen MR) is 63.4 cm³/mol. The van der Waals surface area contributed by atoms with Crippen LogP contribution < -0.4 is 21.6 Å². The Bertz CT molecular complexity index is 375. The molecular weight excluding hydrogens is 272 g/mol. The lowest BCUT2D eigenvalue weighted by molar-refractivity contribution is -0.145. The topological polar surface area (TPSA) is 135 Å². The Morgan fingerprint density at radius 1 is 0.950 bits per heavy atom. The van der Waals surface area contributed by atoms with Crippen LogP contribution in [0.3, 0.4) is 0 Å². The molecule has 0 aliphatic carbocycles. The first kappa shape index (κ1) is 15.9. The van der Waals surface area contributed by atoms with Gasteiger partial charge in [0.2, 0.25) is 23.6 Å². The Balaban J connectivity index is 2.37. The highest BCUT2D eigenvalue weighted by atomic mass is 16.7. The van der Waals surface area contributed by atoms with Crippen molar-refractivity contribution in [1.29, 1.82) is 0 Å². The van der Waals surface area contributed by atoms with Crippen molar-refractivity contribution in [2.24, 2.45) is 0 Å². The van der Waals surface area contributed by atoms with Gasteiger partial charge in [-0.3, -0.25) is 28.9 Å². The molecule has 2 atom stereocenters. The lowest BCUT2D eigenvalue weighted by Gasteiger charge is -2.28. The van der Waals surface area contributed by atoms with E-state index in [-0.39, 0.29) is 13.2 Å². The van der Waals surface area contributed by atoms with Gasteiger partial charge in [-0.1, -0.05) is 0 Å². The Labute approximate surface area is 114 Å². The fraction of sp³-hybridized carbons (Fsp3) is 0.600. The molecule has 20 heavy (non-hydrogen) atoms. The Morgan fingerprint density at radius 3 is 1.60 bits per heavy atom. The summed E-state index contributed by atoms with van der Waals surface area (Å²) in [5.74, 6) is -1.80. The summed E-state index contributed by atoms with van der Waals surface area (Å²) in [6, 6.07) is -1.82. The van der Waals surface area contributed by atoms with Crippen molar-refractivity contribution in [3.05, 3.63) is 0 Å². The van der Waals surface area contributed by atoms with Crippen molar-refractivity contribution in [3.8, 4) is 0 Å². The molecule has 0 spiro atoms. The van der Waals surface area contributed by atoms with E-state index in [1.807, 2.05) is 11.0 Å². The second-order valence-electron chi connectivity index (χ2n) is 4.06. The van der Waals surface area contributed by atoms with E-state index in [9.17, 15) is 19.2 Å². The second-order valence-corrected chi connectivity index (χ2v) is 4.06. The standard InChI is InChI=1S/C10H16N4O6/c1-5(15)13-19-3-7-9(17)12-8(10(18)11-7)4-20-14-6(2)16/h7-8H,3-4H2,1-2H3,(H,11,18)(H,12,17)(H,13,15)(H,14,16)/t7-,8+. The zero-order valence-corrected chi connectivity index (χ0v) is 11.0. The summed E-state index contributed by atoms with van der Waals surface area (Å²) in [6.45, 7) is 2.09. The minimum Gasteiger partial charge on any atom is -0.340 e. The van der Waals surface area contributed by atoms with Crippen LogP contribution in [0.2, 0.25) is 0 Å². The molecule has 0 aromatic rings. The summed E-state index contributed by atoms with van der Waals surface area (Å²) >= 11 is 0. The van der Waals surface area contributed by atoms with E-state index in [4.69, 9.17) is 9.68 Å². The zero-order chi connectivity index (χ0) is 15.1. The van der Waals surface area contributed by atoms with E-state index in [1.54, 1.807) is 0 Å². The maximum Gasteiger partial charge on any atom is 0.245 e. The smallest absolute Gasteiger partial charge is 0.245 e. The van der Waals surface area contributed by atoms with Gasteiger partial charge in [0, 0.05) is 13.8 Å². The first-order valence-corrected chi connectivity index (χ1v) is 5.77. The summed E-state index contributed by atoms with van der Waals surface area (Å²) < 4.78 is 0. The number of hydroxylamine groups is 2. The summed E-state index contributed by atoms with van der Waals surface area (Å²) in [5.41, 5.74) is 4.09. The molecule has 1 saturated heterocycles. The molecule has 1 aliphatic rings. The summed E-state index contributed by atoms with van der Waals surface area (Å²) in [4.78, 5) is 54.0. The number of carbonyl (C=O) groups excluding carboxylic acids is 4. The van der Waals surface area contributed by atoms with Crippen LogP contribution in [0.15, 0.2) is 0 Å². The van der Waals surface area contributed by atoms with Crippen LogP contribution in [0.25, 0.3) is 0 Å². The summed E-state index contributed by atoms with van der Waals surface area (Å²) in [6.07, 6.45) is 0. The highest BCUT2D eigenvalue weighted by Crippen LogP contribution is 1.98. The van der Waals surface area contributed by atoms with Gasteiger partial charge in [-0.15, -0.1) is 0 Å². The van der Waals surface area contributed by atoms with Crippen LogP contribution in [-0.4, -0.2) is 48.9 Å². The molecule has 4 N–H and O–H groups in total. The molecule has 1 rings (SSSR count). The van der Waals surface area contributed by atoms with Gasteiger partial charge in [0.05, 0.1) is 0 Å². The number of piperazine rings is 1. The molecule has 4 amide bonds. The van der Waals surface area contributed by atoms with E-state index in [0.717, 1.165) is 0 Å². The third kappa shape index (κ3) is 5.20. The molecule has 0 aromatic heterocycles. The molecule has 10 heteroatoms. The first-order valence-electron chi connectivity index (χ1n) is 5.77. The third-order valence-electron chi connectivity index (χ3n) is 2.20. The zero-order valence-electron chi connectivity index (χ0n) is 11.0. The van der Waals surface area contributed by atoms with Crippen molar-refractivity contribution < 1.29 is 28.9 Å². The quantitative estimate of drug-likeness (QED) is 0.387. The van der Waals surface area contributed by atoms with Crippen LogP contribution >= 0.6 is 0 Å². The molecule has 10 nitrogen and oxygen atoms in total. The minimum absolute atomic E-state index is 0.198. The molecule has 0 aromatic carbocycles. The fourth-order valence-corrected chi connectivity index (χ4v) is 1.36. The number of hydrogen-bond acceptors (Lipinski definition) is 6. The van der Waals surface area contributed by atoms with Gasteiger partial charge < -0.3 is 10.6 Å². The SMILES string of the molecule is CC(=O)NOC[C@@H]1NC(=O)[C@@H](CONC(C)=O)NC1=O. The average molecular weight is 288 g/mol. The van der Waals surface area contributed by atoms with Crippen LogP contribution in [0.5, 0.6) is 0 Å². The molecular formula is C10H16N4O6. The lowest BCUT2D eigenvalue weighted by Crippen LogP contribution is -2.64. The normalized spacial score (nSPS) is 21.7. The van der Waals surface area contributed by atoms with Crippen LogP contribution in [0.4, 0.5) is 0 Å². The number of hydrogen-bond donors (Lipinski definition) is 4. The minimum atomic E-state index is -0.911. The summed E-state index contributed by atoms with van der Waals surface area (Å²) in [5, 5.41) is 4.82. The molecule has 0 saturated carbocycles. The first-order chi connectivity index (χ1) is 9.40. The highest BCUT2D eigenvalue weighted by Gasteiger charge is 2.34. The number of carbonyl (C=O) groups is 4. The second kappa shape index (κ2) is 7.40. The maximum absolute atomic E-state index is 11.7. The van der Waals surface area contributed by atoms with Gasteiger partial charge in [-0.05, 0) is 0 Å². The van der Waals surface area contributed by atoms with Gasteiger partial charge in [0.25, 0.3) is 0 Å². The van der Waals surface area contributed by atoms with Crippen molar-refractivity contribution in [3.63, 3.8) is 0 Å². The summed E-state index contributed by atoms with van der Waals surface area (Å²) in [7, 11) is 0. The predicted octanol–water partition coefficient (Wildman–Crippen LogP) is -2.89. The molecule has 0 radical (unpaired) electrons. The third-order valence-corrected chi connectivity index (χ3v) is 2.20. The van der Waals surface area contributed by atoms with Gasteiger partial charge in [-0.2, -0.15) is 0 Å². The average Bonchev–Trinajstić information content (AvgIpc) is 2.33. The van der Waals surface area contributed by atoms with Crippen LogP contribution in [0, 0.1) is 0 Å². The van der Waals surface area contributed by atoms with Crippen molar-refractivity contribution >= 4 is 23.6 Å². The molecule has 1 aliphatic heterocycles. The van der Waals surface area contributed by atoms with Crippen molar-refractivity contribution in [2.45, 2.75) is 25.9 Å². The molecule has 112 valence electrons. The maximum atomic E-state index is 11.7. The highest BCUT2D eigenvalue weighted by molar-refractivity contribution is 5.97. The molecule has 1 heterocycles. The largest absolute Gasteiger partial charge is 0.340 e. The number of rotatable bonds is 6. The van der Waals surface area contributed by atoms with Crippen LogP contribution in [-0.2, 0) is 28.9 Å². The molecule has 0 unspecified atom stereocenters. The number of nitrogens with one attached hydrogen (secondary N) is 4. The van der Waals surface area contributed by atoms with Crippen molar-refractivity contribution in [2.75, 3.05) is 13.2 Å². The Hall–Kier alpha value is -2.20. The van der Waals surface area contributed by atoms with E-state index in [0.29, 0.717) is 0 Å². The van der Waals surface area contributed by atoms with Crippen LogP contribution in [0.1, 0.15) is 13.8 Å². The van der Waals surface area contributed by atoms with Gasteiger partial charge >= 0.3 is 0 Å². The Morgan fingerprint density at radius 2 is 1.30 bits per heavy atom. The van der Waals surface area contributed by atoms with Gasteiger partial charge in [0.1, 0.15) is 25.3 Å². The Kier molecular flexibility index (Phi) is 5.87. The molecule has 0 bridgehead atoms. The van der Waals surface area contributed by atoms with Gasteiger partial charge in [-0.25, -0.2) is 11.0 Å². The van der Waals surface area contributed by atoms with Crippen molar-refractivity contribution in [1.82, 2.24) is 21.6 Å². The molecule has 1 fully saturated rings. The number of amides is 4. The van der Waals surface area contributed by atoms with E-state index < -0.39 is 35.7 Å². The van der Waals surface area contributed by atoms with E-state index >= 15 is 0 Å². The van der Waals surface area contributed by atoms with E-state index in [1.165, 1.54) is 13.8 Å². The fourth-order valence-electron chi connectivity index (χ4n) is 1.36. The lowest BCUT2D eigenvalue weighted by atomic mass is 10.1. The van der Waals surface area contributed by atoms with Gasteiger partial charge in [0.15, 0.2) is 0 Å². The monoisotopic (exact) mass is 288 g/mol.